The zero-order valence-electron chi connectivity index (χ0n) is 15.2. The molecule has 0 saturated carbocycles. The summed E-state index contributed by atoms with van der Waals surface area (Å²) in [6.45, 7) is 5.12. The van der Waals surface area contributed by atoms with Crippen molar-refractivity contribution in [1.29, 1.82) is 0 Å². The highest BCUT2D eigenvalue weighted by Crippen LogP contribution is 2.35. The minimum absolute atomic E-state index is 0.259. The van der Waals surface area contributed by atoms with Gasteiger partial charge in [0.1, 0.15) is 0 Å². The first-order valence-corrected chi connectivity index (χ1v) is 9.87. The quantitative estimate of drug-likeness (QED) is 0.326. The monoisotopic (exact) mass is 477 g/mol. The first-order valence-electron chi connectivity index (χ1n) is 8.79. The van der Waals surface area contributed by atoms with Crippen LogP contribution < -0.4 is 9.47 Å². The van der Waals surface area contributed by atoms with Crippen LogP contribution in [0.1, 0.15) is 31.4 Å². The molecule has 5 nitrogen and oxygen atoms in total. The number of nitrogens with zero attached hydrogens (tertiary/aromatic N) is 1. The minimum atomic E-state index is -0.465. The lowest BCUT2D eigenvalue weighted by molar-refractivity contribution is -0.129. The van der Waals surface area contributed by atoms with Crippen molar-refractivity contribution in [3.05, 3.63) is 62.9 Å². The summed E-state index contributed by atoms with van der Waals surface area (Å²) in [5.41, 5.74) is 1.83. The van der Waals surface area contributed by atoms with E-state index in [0.29, 0.717) is 24.9 Å². The number of aliphatic imine (C=N–C) groups is 1. The minimum Gasteiger partial charge on any atom is -0.490 e. The van der Waals surface area contributed by atoms with Crippen molar-refractivity contribution in [1.82, 2.24) is 0 Å². The number of carbonyl (C=O) groups excluding carboxylic acids is 1. The molecule has 0 aliphatic carbocycles. The maximum atomic E-state index is 12.2. The van der Waals surface area contributed by atoms with Crippen molar-refractivity contribution in [2.75, 3.05) is 13.2 Å². The van der Waals surface area contributed by atoms with E-state index in [1.165, 1.54) is 0 Å². The lowest BCUT2D eigenvalue weighted by Gasteiger charge is -2.14. The van der Waals surface area contributed by atoms with Gasteiger partial charge in [0.25, 0.3) is 0 Å². The Morgan fingerprint density at radius 2 is 1.93 bits per heavy atom. The molecule has 1 aliphatic rings. The second-order valence-electron chi connectivity index (χ2n) is 5.81. The second kappa shape index (κ2) is 9.03. The predicted octanol–water partition coefficient (Wildman–Crippen LogP) is 4.82. The van der Waals surface area contributed by atoms with Gasteiger partial charge in [0, 0.05) is 5.56 Å². The molecule has 6 heteroatoms. The molecule has 2 aromatic carbocycles. The molecule has 0 radical (unpaired) electrons. The second-order valence-corrected chi connectivity index (χ2v) is 6.98. The van der Waals surface area contributed by atoms with Gasteiger partial charge in [-0.25, -0.2) is 9.79 Å². The molecule has 0 N–H and O–H groups in total. The summed E-state index contributed by atoms with van der Waals surface area (Å²) in [5, 5.41) is 0. The van der Waals surface area contributed by atoms with E-state index in [4.69, 9.17) is 14.2 Å². The van der Waals surface area contributed by atoms with Crippen LogP contribution in [-0.4, -0.2) is 25.1 Å². The van der Waals surface area contributed by atoms with Crippen LogP contribution in [0, 0.1) is 3.57 Å². The van der Waals surface area contributed by atoms with Gasteiger partial charge in [-0.2, -0.15) is 0 Å². The van der Waals surface area contributed by atoms with Gasteiger partial charge < -0.3 is 14.2 Å². The van der Waals surface area contributed by atoms with Gasteiger partial charge in [0.15, 0.2) is 17.2 Å². The van der Waals surface area contributed by atoms with E-state index in [1.807, 2.05) is 49.4 Å². The third-order valence-corrected chi connectivity index (χ3v) is 4.53. The maximum absolute atomic E-state index is 12.2. The highest BCUT2D eigenvalue weighted by atomic mass is 127. The maximum Gasteiger partial charge on any atom is 0.363 e. The average Bonchev–Trinajstić information content (AvgIpc) is 3.03. The van der Waals surface area contributed by atoms with E-state index >= 15 is 0 Å². The fourth-order valence-electron chi connectivity index (χ4n) is 2.55. The van der Waals surface area contributed by atoms with Crippen molar-refractivity contribution in [2.24, 2.45) is 4.99 Å². The summed E-state index contributed by atoms with van der Waals surface area (Å²) in [6, 6.07) is 13.1. The summed E-state index contributed by atoms with van der Waals surface area (Å²) in [4.78, 5) is 16.5. The molecule has 0 atom stereocenters. The van der Waals surface area contributed by atoms with E-state index in [2.05, 4.69) is 34.5 Å². The van der Waals surface area contributed by atoms with Crippen LogP contribution in [-0.2, 0) is 9.53 Å². The molecule has 1 aliphatic heterocycles. The van der Waals surface area contributed by atoms with Crippen LogP contribution in [0.4, 0.5) is 0 Å². The summed E-state index contributed by atoms with van der Waals surface area (Å²) in [7, 11) is 0. The molecule has 1 heterocycles. The molecular weight excluding hydrogens is 457 g/mol. The Morgan fingerprint density at radius 1 is 1.15 bits per heavy atom. The molecule has 0 amide bonds. The van der Waals surface area contributed by atoms with E-state index in [-0.39, 0.29) is 5.70 Å². The van der Waals surface area contributed by atoms with E-state index in [9.17, 15) is 4.79 Å². The standard InChI is InChI=1S/C21H20INO4/c1-3-10-26-19-16(22)11-14(13-18(19)25-4-2)12-17-21(24)27-20(23-17)15-8-6-5-7-9-15/h5-9,11-13H,3-4,10H2,1-2H3. The number of hydrogen-bond acceptors (Lipinski definition) is 5. The molecule has 0 aromatic heterocycles. The van der Waals surface area contributed by atoms with Gasteiger partial charge in [0.05, 0.1) is 16.8 Å². The molecule has 0 spiro atoms. The number of esters is 1. The van der Waals surface area contributed by atoms with Crippen molar-refractivity contribution in [3.8, 4) is 11.5 Å². The normalized spacial score (nSPS) is 14.9. The average molecular weight is 477 g/mol. The van der Waals surface area contributed by atoms with E-state index in [0.717, 1.165) is 26.9 Å². The van der Waals surface area contributed by atoms with Crippen LogP contribution >= 0.6 is 22.6 Å². The van der Waals surface area contributed by atoms with Crippen LogP contribution in [0.25, 0.3) is 6.08 Å². The Morgan fingerprint density at radius 3 is 2.63 bits per heavy atom. The molecule has 0 bridgehead atoms. The van der Waals surface area contributed by atoms with Crippen molar-refractivity contribution in [3.63, 3.8) is 0 Å². The van der Waals surface area contributed by atoms with Gasteiger partial charge >= 0.3 is 5.97 Å². The Bertz CT molecular complexity index is 891. The van der Waals surface area contributed by atoms with E-state index < -0.39 is 5.97 Å². The number of cyclic esters (lactones) is 1. The highest BCUT2D eigenvalue weighted by molar-refractivity contribution is 14.1. The fraction of sp³-hybridized carbons (Fsp3) is 0.238. The van der Waals surface area contributed by atoms with Gasteiger partial charge in [-0.3, -0.25) is 0 Å². The third-order valence-electron chi connectivity index (χ3n) is 3.73. The molecule has 2 aromatic rings. The molecule has 0 fully saturated rings. The van der Waals surface area contributed by atoms with Crippen LogP contribution in [0.3, 0.4) is 0 Å². The molecular formula is C21H20INO4. The smallest absolute Gasteiger partial charge is 0.363 e. The zero-order chi connectivity index (χ0) is 19.2. The molecule has 27 heavy (non-hydrogen) atoms. The van der Waals surface area contributed by atoms with Crippen LogP contribution in [0.15, 0.2) is 53.2 Å². The predicted molar refractivity (Wildman–Crippen MR) is 113 cm³/mol. The number of halogens is 1. The molecule has 140 valence electrons. The first-order chi connectivity index (χ1) is 13.1. The summed E-state index contributed by atoms with van der Waals surface area (Å²) < 4.78 is 17.8. The van der Waals surface area contributed by atoms with E-state index in [1.54, 1.807) is 6.08 Å². The van der Waals surface area contributed by atoms with Gasteiger partial charge in [-0.15, -0.1) is 0 Å². The SMILES string of the molecule is CCCOc1c(I)cc(C=C2N=C(c3ccccc3)OC2=O)cc1OCC. The van der Waals surface area contributed by atoms with Gasteiger partial charge in [-0.05, 0) is 71.8 Å². The Labute approximate surface area is 172 Å². The highest BCUT2D eigenvalue weighted by Gasteiger charge is 2.24. The molecule has 3 rings (SSSR count). The largest absolute Gasteiger partial charge is 0.490 e. The Hall–Kier alpha value is -2.35. The van der Waals surface area contributed by atoms with Crippen molar-refractivity contribution < 1.29 is 19.0 Å². The Balaban J connectivity index is 1.94. The number of hydrogen-bond donors (Lipinski definition) is 0. The van der Waals surface area contributed by atoms with Gasteiger partial charge in [-0.1, -0.05) is 25.1 Å². The number of rotatable bonds is 7. The van der Waals surface area contributed by atoms with Crippen LogP contribution in [0.5, 0.6) is 11.5 Å². The summed E-state index contributed by atoms with van der Waals surface area (Å²) >= 11 is 2.21. The summed E-state index contributed by atoms with van der Waals surface area (Å²) in [5.74, 6) is 1.23. The van der Waals surface area contributed by atoms with Gasteiger partial charge in [0.2, 0.25) is 5.90 Å². The lowest BCUT2D eigenvalue weighted by Crippen LogP contribution is -2.05. The molecule has 0 unspecified atom stereocenters. The lowest BCUT2D eigenvalue weighted by atomic mass is 10.1. The number of benzene rings is 2. The third kappa shape index (κ3) is 4.68. The zero-order valence-corrected chi connectivity index (χ0v) is 17.4. The van der Waals surface area contributed by atoms with Crippen LogP contribution in [0.2, 0.25) is 0 Å². The number of carbonyl (C=O) groups is 1. The first kappa shape index (κ1) is 19.4. The topological polar surface area (TPSA) is 57.1 Å². The summed E-state index contributed by atoms with van der Waals surface area (Å²) in [6.07, 6.45) is 2.61. The fourth-order valence-corrected chi connectivity index (χ4v) is 3.33. The Kier molecular flexibility index (Phi) is 6.49. The molecule has 0 saturated heterocycles. The van der Waals surface area contributed by atoms with Crippen molar-refractivity contribution >= 4 is 40.5 Å². The van der Waals surface area contributed by atoms with Crippen molar-refractivity contribution in [2.45, 2.75) is 20.3 Å². The number of ether oxygens (including phenoxy) is 3.